The number of hydrogen-bond acceptors (Lipinski definition) is 5. The summed E-state index contributed by atoms with van der Waals surface area (Å²) in [6.45, 7) is 0.154. The highest BCUT2D eigenvalue weighted by Gasteiger charge is 2.11. The van der Waals surface area contributed by atoms with E-state index in [2.05, 4.69) is 31.2 Å². The lowest BCUT2D eigenvalue weighted by molar-refractivity contribution is -0.116. The lowest BCUT2D eigenvalue weighted by atomic mass is 10.2. The van der Waals surface area contributed by atoms with Gasteiger partial charge in [0.2, 0.25) is 5.91 Å². The number of amides is 1. The SMILES string of the molecule is O=C(CCn1cnc2ccc(Br)cc2c1=O)Nc1nc(-c2ccc(F)c(F)c2)cs1. The fourth-order valence-electron chi connectivity index (χ4n) is 2.81. The molecule has 6 nitrogen and oxygen atoms in total. The van der Waals surface area contributed by atoms with Crippen molar-refractivity contribution in [2.45, 2.75) is 13.0 Å². The van der Waals surface area contributed by atoms with Crippen LogP contribution >= 0.6 is 27.3 Å². The standard InChI is InChI=1S/C20H13BrF2N4O2S/c21-12-2-4-16-13(8-12)19(29)27(10-24-16)6-5-18(28)26-20-25-17(9-30-20)11-1-3-14(22)15(23)7-11/h1-4,7-10H,5-6H2,(H,25,26,28). The van der Waals surface area contributed by atoms with E-state index in [4.69, 9.17) is 0 Å². The Kier molecular flexibility index (Phi) is 5.69. The Morgan fingerprint density at radius 3 is 2.80 bits per heavy atom. The van der Waals surface area contributed by atoms with Gasteiger partial charge in [0.15, 0.2) is 16.8 Å². The smallest absolute Gasteiger partial charge is 0.261 e. The van der Waals surface area contributed by atoms with Crippen LogP contribution in [0, 0.1) is 11.6 Å². The molecule has 0 aliphatic heterocycles. The molecule has 0 bridgehead atoms. The minimum Gasteiger partial charge on any atom is -0.302 e. The van der Waals surface area contributed by atoms with Gasteiger partial charge in [-0.25, -0.2) is 18.7 Å². The van der Waals surface area contributed by atoms with Crippen molar-refractivity contribution < 1.29 is 13.6 Å². The number of halogens is 3. The molecule has 0 radical (unpaired) electrons. The van der Waals surface area contributed by atoms with Gasteiger partial charge in [0.05, 0.1) is 22.9 Å². The van der Waals surface area contributed by atoms with E-state index in [9.17, 15) is 18.4 Å². The summed E-state index contributed by atoms with van der Waals surface area (Å²) >= 11 is 4.50. The number of hydrogen-bond donors (Lipinski definition) is 1. The Hall–Kier alpha value is -2.98. The van der Waals surface area contributed by atoms with Gasteiger partial charge in [-0.1, -0.05) is 15.9 Å². The predicted octanol–water partition coefficient (Wildman–Crippen LogP) is 4.59. The number of carbonyl (C=O) groups is 1. The summed E-state index contributed by atoms with van der Waals surface area (Å²) in [6.07, 6.45) is 1.46. The highest BCUT2D eigenvalue weighted by Crippen LogP contribution is 2.26. The van der Waals surface area contributed by atoms with E-state index in [1.165, 1.54) is 28.3 Å². The predicted molar refractivity (Wildman–Crippen MR) is 114 cm³/mol. The van der Waals surface area contributed by atoms with E-state index in [0.29, 0.717) is 27.3 Å². The van der Waals surface area contributed by atoms with Crippen LogP contribution in [0.4, 0.5) is 13.9 Å². The van der Waals surface area contributed by atoms with Gasteiger partial charge in [-0.05, 0) is 36.4 Å². The lowest BCUT2D eigenvalue weighted by Gasteiger charge is -2.07. The molecule has 0 spiro atoms. The van der Waals surface area contributed by atoms with Gasteiger partial charge in [0.25, 0.3) is 5.56 Å². The molecule has 10 heteroatoms. The summed E-state index contributed by atoms with van der Waals surface area (Å²) in [4.78, 5) is 33.3. The van der Waals surface area contributed by atoms with Crippen LogP contribution in [0.2, 0.25) is 0 Å². The number of aromatic nitrogens is 3. The summed E-state index contributed by atoms with van der Waals surface area (Å²) in [5, 5.41) is 5.08. The van der Waals surface area contributed by atoms with Crippen molar-refractivity contribution in [2.75, 3.05) is 5.32 Å². The minimum absolute atomic E-state index is 0.0428. The normalized spacial score (nSPS) is 11.0. The van der Waals surface area contributed by atoms with Crippen molar-refractivity contribution in [3.8, 4) is 11.3 Å². The first-order chi connectivity index (χ1) is 14.4. The average Bonchev–Trinajstić information content (AvgIpc) is 3.18. The fraction of sp³-hybridized carbons (Fsp3) is 0.100. The van der Waals surface area contributed by atoms with E-state index in [0.717, 1.165) is 16.6 Å². The first-order valence-corrected chi connectivity index (χ1v) is 10.4. The molecule has 2 aromatic carbocycles. The van der Waals surface area contributed by atoms with Crippen molar-refractivity contribution in [1.29, 1.82) is 0 Å². The Morgan fingerprint density at radius 2 is 2.00 bits per heavy atom. The molecule has 2 heterocycles. The van der Waals surface area contributed by atoms with Crippen LogP contribution in [-0.4, -0.2) is 20.4 Å². The van der Waals surface area contributed by atoms with Crippen LogP contribution < -0.4 is 10.9 Å². The van der Waals surface area contributed by atoms with Gasteiger partial charge >= 0.3 is 0 Å². The van der Waals surface area contributed by atoms with Crippen LogP contribution in [0.5, 0.6) is 0 Å². The monoisotopic (exact) mass is 490 g/mol. The molecule has 0 fully saturated rings. The van der Waals surface area contributed by atoms with Crippen LogP contribution in [0.15, 0.2) is 57.4 Å². The molecule has 152 valence electrons. The summed E-state index contributed by atoms with van der Waals surface area (Å²) in [5.74, 6) is -2.23. The maximum atomic E-state index is 13.4. The van der Waals surface area contributed by atoms with Gasteiger partial charge in [-0.2, -0.15) is 0 Å². The van der Waals surface area contributed by atoms with Crippen LogP contribution in [0.1, 0.15) is 6.42 Å². The van der Waals surface area contributed by atoms with Crippen molar-refractivity contribution >= 4 is 49.2 Å². The third-order valence-corrected chi connectivity index (χ3v) is 5.58. The lowest BCUT2D eigenvalue weighted by Crippen LogP contribution is -2.23. The topological polar surface area (TPSA) is 76.9 Å². The molecule has 0 saturated heterocycles. The highest BCUT2D eigenvalue weighted by molar-refractivity contribution is 9.10. The number of rotatable bonds is 5. The molecule has 0 unspecified atom stereocenters. The molecule has 2 aromatic heterocycles. The number of benzene rings is 2. The highest BCUT2D eigenvalue weighted by atomic mass is 79.9. The zero-order valence-corrected chi connectivity index (χ0v) is 17.6. The van der Waals surface area contributed by atoms with Gasteiger partial charge < -0.3 is 5.32 Å². The second-order valence-electron chi connectivity index (χ2n) is 6.37. The van der Waals surface area contributed by atoms with Crippen molar-refractivity contribution in [2.24, 2.45) is 0 Å². The van der Waals surface area contributed by atoms with E-state index < -0.39 is 11.6 Å². The van der Waals surface area contributed by atoms with Crippen LogP contribution in [0.3, 0.4) is 0 Å². The molecule has 4 rings (SSSR count). The number of fused-ring (bicyclic) bond motifs is 1. The second kappa shape index (κ2) is 8.41. The summed E-state index contributed by atoms with van der Waals surface area (Å²) in [7, 11) is 0. The molecule has 30 heavy (non-hydrogen) atoms. The second-order valence-corrected chi connectivity index (χ2v) is 8.14. The number of nitrogens with one attached hydrogen (secondary N) is 1. The number of anilines is 1. The van der Waals surface area contributed by atoms with Gasteiger partial charge in [0, 0.05) is 28.4 Å². The Bertz CT molecular complexity index is 1320. The van der Waals surface area contributed by atoms with Crippen LogP contribution in [-0.2, 0) is 11.3 Å². The van der Waals surface area contributed by atoms with Gasteiger partial charge in [-0.3, -0.25) is 14.2 Å². The van der Waals surface area contributed by atoms with Gasteiger partial charge in [0.1, 0.15) is 0 Å². The van der Waals surface area contributed by atoms with Crippen molar-refractivity contribution in [3.63, 3.8) is 0 Å². The number of thiazole rings is 1. The first-order valence-electron chi connectivity index (χ1n) is 8.76. The summed E-state index contributed by atoms with van der Waals surface area (Å²) in [6, 6.07) is 8.72. The largest absolute Gasteiger partial charge is 0.302 e. The van der Waals surface area contributed by atoms with Crippen LogP contribution in [0.25, 0.3) is 22.2 Å². The molecule has 0 aliphatic carbocycles. The molecular weight excluding hydrogens is 478 g/mol. The van der Waals surface area contributed by atoms with Crippen molar-refractivity contribution in [1.82, 2.24) is 14.5 Å². The molecular formula is C20H13BrF2N4O2S. The van der Waals surface area contributed by atoms with Crippen molar-refractivity contribution in [3.05, 3.63) is 74.6 Å². The molecule has 1 amide bonds. The first kappa shape index (κ1) is 20.3. The third-order valence-electron chi connectivity index (χ3n) is 4.33. The van der Waals surface area contributed by atoms with Gasteiger partial charge in [-0.15, -0.1) is 11.3 Å². The molecule has 0 aliphatic rings. The molecule has 4 aromatic rings. The maximum Gasteiger partial charge on any atom is 0.261 e. The Morgan fingerprint density at radius 1 is 1.17 bits per heavy atom. The number of carbonyl (C=O) groups excluding carboxylic acids is 1. The molecule has 1 N–H and O–H groups in total. The summed E-state index contributed by atoms with van der Waals surface area (Å²) in [5.41, 5.74) is 1.18. The number of aryl methyl sites for hydroxylation is 1. The fourth-order valence-corrected chi connectivity index (χ4v) is 3.91. The number of nitrogens with zero attached hydrogens (tertiary/aromatic N) is 3. The molecule has 0 atom stereocenters. The van der Waals surface area contributed by atoms with E-state index >= 15 is 0 Å². The van der Waals surface area contributed by atoms with E-state index in [1.807, 2.05) is 0 Å². The Balaban J connectivity index is 1.43. The maximum absolute atomic E-state index is 13.4. The quantitative estimate of drug-likeness (QED) is 0.443. The summed E-state index contributed by atoms with van der Waals surface area (Å²) < 4.78 is 28.6. The zero-order valence-electron chi connectivity index (χ0n) is 15.2. The third kappa shape index (κ3) is 4.29. The molecule has 0 saturated carbocycles. The minimum atomic E-state index is -0.965. The average molecular weight is 491 g/mol. The Labute approximate surface area is 181 Å². The van der Waals surface area contributed by atoms with E-state index in [-0.39, 0.29) is 24.4 Å². The van der Waals surface area contributed by atoms with E-state index in [1.54, 1.807) is 23.6 Å². The zero-order chi connectivity index (χ0) is 21.3.